The Kier molecular flexibility index (Phi) is 11.0. The van der Waals surface area contributed by atoms with Crippen LogP contribution < -0.4 is 5.32 Å². The lowest BCUT2D eigenvalue weighted by molar-refractivity contribution is -0.162. The Morgan fingerprint density at radius 1 is 1.14 bits per heavy atom. The Morgan fingerprint density at radius 2 is 1.77 bits per heavy atom. The molecule has 196 valence electrons. The van der Waals surface area contributed by atoms with E-state index in [4.69, 9.17) is 21.1 Å². The summed E-state index contributed by atoms with van der Waals surface area (Å²) in [6, 6.07) is 6.53. The molecule has 0 bridgehead atoms. The van der Waals surface area contributed by atoms with E-state index in [0.717, 1.165) is 24.8 Å². The molecule has 2 rings (SSSR count). The zero-order valence-electron chi connectivity index (χ0n) is 21.4. The molecular formula is C27H40ClNO6. The minimum absolute atomic E-state index is 0.0706. The van der Waals surface area contributed by atoms with Crippen molar-refractivity contribution in [3.05, 3.63) is 34.9 Å². The fourth-order valence-electron chi connectivity index (χ4n) is 4.68. The van der Waals surface area contributed by atoms with Gasteiger partial charge in [0.25, 0.3) is 0 Å². The van der Waals surface area contributed by atoms with E-state index in [0.29, 0.717) is 30.7 Å². The second-order valence-electron chi connectivity index (χ2n) is 10.6. The summed E-state index contributed by atoms with van der Waals surface area (Å²) in [6.45, 7) is 7.89. The molecule has 0 aliphatic heterocycles. The molecule has 0 spiro atoms. The summed E-state index contributed by atoms with van der Waals surface area (Å²) < 4.78 is 11.4. The summed E-state index contributed by atoms with van der Waals surface area (Å²) in [5.41, 5.74) is -0.395. The Balaban J connectivity index is 2.08. The minimum atomic E-state index is -1.01. The first-order chi connectivity index (χ1) is 16.4. The van der Waals surface area contributed by atoms with Crippen LogP contribution in [-0.2, 0) is 30.5 Å². The number of aliphatic carboxylic acids is 1. The van der Waals surface area contributed by atoms with Crippen molar-refractivity contribution in [2.75, 3.05) is 6.61 Å². The number of carboxylic acids is 1. The van der Waals surface area contributed by atoms with Gasteiger partial charge in [-0.15, -0.1) is 0 Å². The van der Waals surface area contributed by atoms with Crippen LogP contribution in [0.1, 0.15) is 84.6 Å². The smallest absolute Gasteiger partial charge is 0.309 e. The number of benzene rings is 1. The van der Waals surface area contributed by atoms with Gasteiger partial charge in [-0.05, 0) is 64.2 Å². The van der Waals surface area contributed by atoms with Crippen molar-refractivity contribution in [3.8, 4) is 0 Å². The molecule has 0 radical (unpaired) electrons. The summed E-state index contributed by atoms with van der Waals surface area (Å²) in [7, 11) is 0. The lowest BCUT2D eigenvalue weighted by Gasteiger charge is -2.33. The van der Waals surface area contributed by atoms with Gasteiger partial charge in [0.2, 0.25) is 5.91 Å². The number of amides is 1. The molecule has 1 fully saturated rings. The lowest BCUT2D eigenvalue weighted by Crippen LogP contribution is -2.48. The summed E-state index contributed by atoms with van der Waals surface area (Å²) in [5, 5.41) is 13.0. The number of rotatable bonds is 13. The van der Waals surface area contributed by atoms with Crippen molar-refractivity contribution in [3.63, 3.8) is 0 Å². The highest BCUT2D eigenvalue weighted by Crippen LogP contribution is 2.45. The van der Waals surface area contributed by atoms with Gasteiger partial charge >= 0.3 is 11.9 Å². The Hall–Kier alpha value is -2.12. The fourth-order valence-corrected chi connectivity index (χ4v) is 4.81. The molecular weight excluding hydrogens is 470 g/mol. The van der Waals surface area contributed by atoms with Crippen LogP contribution in [0.4, 0.5) is 0 Å². The van der Waals surface area contributed by atoms with Crippen molar-refractivity contribution in [1.29, 1.82) is 0 Å². The van der Waals surface area contributed by atoms with Crippen molar-refractivity contribution >= 4 is 29.4 Å². The molecule has 1 aliphatic carbocycles. The van der Waals surface area contributed by atoms with Gasteiger partial charge in [0, 0.05) is 5.02 Å². The predicted octanol–water partition coefficient (Wildman–Crippen LogP) is 5.52. The molecule has 1 aromatic carbocycles. The molecule has 35 heavy (non-hydrogen) atoms. The van der Waals surface area contributed by atoms with Crippen molar-refractivity contribution in [2.24, 2.45) is 11.3 Å². The van der Waals surface area contributed by atoms with Crippen LogP contribution in [0.25, 0.3) is 0 Å². The van der Waals surface area contributed by atoms with Crippen LogP contribution in [-0.4, -0.2) is 41.2 Å². The molecule has 2 atom stereocenters. The largest absolute Gasteiger partial charge is 0.481 e. The van der Waals surface area contributed by atoms with E-state index in [2.05, 4.69) is 5.32 Å². The first-order valence-corrected chi connectivity index (χ1v) is 12.9. The number of ether oxygens (including phenoxy) is 2. The van der Waals surface area contributed by atoms with E-state index >= 15 is 0 Å². The zero-order valence-corrected chi connectivity index (χ0v) is 22.2. The summed E-state index contributed by atoms with van der Waals surface area (Å²) >= 11 is 5.91. The highest BCUT2D eigenvalue weighted by molar-refractivity contribution is 6.30. The fraction of sp³-hybridized carbons (Fsp3) is 0.667. The molecule has 2 N–H and O–H groups in total. The third-order valence-electron chi connectivity index (χ3n) is 6.31. The summed E-state index contributed by atoms with van der Waals surface area (Å²) in [5.74, 6) is -1.85. The standard InChI is InChI=1S/C27H40ClNO6/c1-5-8-20(24(32)35-26(2,3)4)16-27(13-6-7-14-27)25(33)29-22(15-23(30)31)18-34-17-19-9-11-21(28)12-10-19/h9-12,20,22H,5-8,13-18H2,1-4H3,(H,29,33)(H,30,31)/t20-,22+/m0/s1. The van der Waals surface area contributed by atoms with Gasteiger partial charge in [-0.25, -0.2) is 0 Å². The third kappa shape index (κ3) is 9.80. The van der Waals surface area contributed by atoms with Gasteiger partial charge in [-0.3, -0.25) is 14.4 Å². The van der Waals surface area contributed by atoms with Crippen LogP contribution in [0.5, 0.6) is 0 Å². The maximum Gasteiger partial charge on any atom is 0.309 e. The van der Waals surface area contributed by atoms with Crippen molar-refractivity contribution in [1.82, 2.24) is 5.32 Å². The predicted molar refractivity (Wildman–Crippen MR) is 135 cm³/mol. The number of esters is 1. The molecule has 1 aliphatic rings. The van der Waals surface area contributed by atoms with Crippen molar-refractivity contribution in [2.45, 2.75) is 97.3 Å². The van der Waals surface area contributed by atoms with Crippen LogP contribution >= 0.6 is 11.6 Å². The van der Waals surface area contributed by atoms with Gasteiger partial charge in [-0.1, -0.05) is 49.9 Å². The number of hydrogen-bond acceptors (Lipinski definition) is 5. The van der Waals surface area contributed by atoms with E-state index in [1.165, 1.54) is 0 Å². The molecule has 7 nitrogen and oxygen atoms in total. The van der Waals surface area contributed by atoms with Crippen LogP contribution in [0.3, 0.4) is 0 Å². The molecule has 8 heteroatoms. The first-order valence-electron chi connectivity index (χ1n) is 12.5. The first kappa shape index (κ1) is 29.1. The lowest BCUT2D eigenvalue weighted by atomic mass is 9.75. The minimum Gasteiger partial charge on any atom is -0.481 e. The number of nitrogens with one attached hydrogen (secondary N) is 1. The van der Waals surface area contributed by atoms with E-state index < -0.39 is 23.0 Å². The Morgan fingerprint density at radius 3 is 2.31 bits per heavy atom. The maximum absolute atomic E-state index is 13.6. The molecule has 1 aromatic rings. The number of carbonyl (C=O) groups excluding carboxylic acids is 2. The summed E-state index contributed by atoms with van der Waals surface area (Å²) in [6.07, 6.45) is 4.77. The topological polar surface area (TPSA) is 102 Å². The number of hydrogen-bond donors (Lipinski definition) is 2. The van der Waals surface area contributed by atoms with Crippen molar-refractivity contribution < 1.29 is 29.0 Å². The monoisotopic (exact) mass is 509 g/mol. The van der Waals surface area contributed by atoms with Gasteiger partial charge in [-0.2, -0.15) is 0 Å². The third-order valence-corrected chi connectivity index (χ3v) is 6.57. The van der Waals surface area contributed by atoms with Crippen LogP contribution in [0.15, 0.2) is 24.3 Å². The molecule has 1 amide bonds. The average Bonchev–Trinajstić information content (AvgIpc) is 3.23. The second kappa shape index (κ2) is 13.3. The highest BCUT2D eigenvalue weighted by atomic mass is 35.5. The Bertz CT molecular complexity index is 842. The molecule has 0 aromatic heterocycles. The maximum atomic E-state index is 13.6. The molecule has 0 unspecified atom stereocenters. The average molecular weight is 510 g/mol. The van der Waals surface area contributed by atoms with E-state index in [1.807, 2.05) is 39.8 Å². The number of halogens is 1. The molecule has 0 saturated heterocycles. The van der Waals surface area contributed by atoms with E-state index in [-0.39, 0.29) is 37.4 Å². The quantitative estimate of drug-likeness (QED) is 0.339. The highest BCUT2D eigenvalue weighted by Gasteiger charge is 2.45. The van der Waals surface area contributed by atoms with Gasteiger partial charge in [0.15, 0.2) is 0 Å². The number of carbonyl (C=O) groups is 3. The summed E-state index contributed by atoms with van der Waals surface area (Å²) in [4.78, 5) is 37.9. The number of carboxylic acid groups (broad SMARTS) is 1. The van der Waals surface area contributed by atoms with Gasteiger partial charge in [0.05, 0.1) is 37.0 Å². The van der Waals surface area contributed by atoms with Crippen LogP contribution in [0, 0.1) is 11.3 Å². The zero-order chi connectivity index (χ0) is 26.1. The molecule has 0 heterocycles. The van der Waals surface area contributed by atoms with E-state index in [1.54, 1.807) is 12.1 Å². The normalized spacial score (nSPS) is 16.9. The Labute approximate surface area is 213 Å². The van der Waals surface area contributed by atoms with Gasteiger partial charge in [0.1, 0.15) is 5.60 Å². The van der Waals surface area contributed by atoms with Crippen LogP contribution in [0.2, 0.25) is 5.02 Å². The SMILES string of the molecule is CCC[C@@H](CC1(C(=O)N[C@@H](COCc2ccc(Cl)cc2)CC(=O)O)CCCC1)C(=O)OC(C)(C)C. The second-order valence-corrected chi connectivity index (χ2v) is 11.1. The molecule has 1 saturated carbocycles. The van der Waals surface area contributed by atoms with Gasteiger partial charge < -0.3 is 19.9 Å². The van der Waals surface area contributed by atoms with E-state index in [9.17, 15) is 19.5 Å².